The van der Waals surface area contributed by atoms with Crippen molar-refractivity contribution in [1.82, 2.24) is 5.32 Å². The van der Waals surface area contributed by atoms with Gasteiger partial charge in [0, 0.05) is 30.0 Å². The lowest BCUT2D eigenvalue weighted by Gasteiger charge is -2.27. The van der Waals surface area contributed by atoms with E-state index < -0.39 is 0 Å². The maximum atomic E-state index is 10.7. The summed E-state index contributed by atoms with van der Waals surface area (Å²) in [5, 5.41) is 14.2. The molecule has 0 unspecified atom stereocenters. The third-order valence-corrected chi connectivity index (χ3v) is 5.26. The fraction of sp³-hybridized carbons (Fsp3) is 0.571. The molecule has 1 N–H and O–H groups in total. The average molecular weight is 280 g/mol. The Morgan fingerprint density at radius 1 is 1.42 bits per heavy atom. The van der Waals surface area contributed by atoms with Gasteiger partial charge in [0.2, 0.25) is 0 Å². The summed E-state index contributed by atoms with van der Waals surface area (Å²) in [5.74, 6) is 0. The molecule has 5 heteroatoms. The normalized spacial score (nSPS) is 17.5. The van der Waals surface area contributed by atoms with Gasteiger partial charge in [-0.3, -0.25) is 10.1 Å². The summed E-state index contributed by atoms with van der Waals surface area (Å²) >= 11 is 1.95. The van der Waals surface area contributed by atoms with E-state index in [-0.39, 0.29) is 10.6 Å². The number of thioether (sulfide) groups is 1. The van der Waals surface area contributed by atoms with E-state index in [4.69, 9.17) is 0 Å². The molecule has 0 saturated heterocycles. The Bertz CT molecular complexity index is 445. The molecule has 0 heterocycles. The zero-order valence-corrected chi connectivity index (χ0v) is 12.0. The average Bonchev–Trinajstić information content (AvgIpc) is 2.88. The maximum absolute atomic E-state index is 10.7. The minimum Gasteiger partial charge on any atom is -0.311 e. The molecule has 1 aliphatic carbocycles. The molecule has 0 spiro atoms. The standard InChI is InChI=1S/C14H20N2O2S/c1-19-14(7-2-3-8-14)11-15-10-12-5-4-6-13(9-12)16(17)18/h4-6,9,15H,2-3,7-8,10-11H2,1H3. The number of nitrogens with zero attached hydrogens (tertiary/aromatic N) is 1. The number of nitrogens with one attached hydrogen (secondary N) is 1. The van der Waals surface area contributed by atoms with E-state index in [1.807, 2.05) is 17.8 Å². The fourth-order valence-electron chi connectivity index (χ4n) is 2.69. The van der Waals surface area contributed by atoms with Crippen LogP contribution in [-0.4, -0.2) is 22.5 Å². The third-order valence-electron chi connectivity index (χ3n) is 3.85. The van der Waals surface area contributed by atoms with Crippen LogP contribution in [-0.2, 0) is 6.54 Å². The quantitative estimate of drug-likeness (QED) is 0.641. The summed E-state index contributed by atoms with van der Waals surface area (Å²) < 4.78 is 0.376. The maximum Gasteiger partial charge on any atom is 0.269 e. The molecule has 2 rings (SSSR count). The van der Waals surface area contributed by atoms with E-state index in [9.17, 15) is 10.1 Å². The van der Waals surface area contributed by atoms with Gasteiger partial charge in [-0.05, 0) is 24.7 Å². The Balaban J connectivity index is 1.88. The first-order valence-electron chi connectivity index (χ1n) is 6.64. The predicted octanol–water partition coefficient (Wildman–Crippen LogP) is 3.36. The highest BCUT2D eigenvalue weighted by Gasteiger charge is 2.32. The number of nitro groups is 1. The fourth-order valence-corrected chi connectivity index (χ4v) is 3.63. The van der Waals surface area contributed by atoms with Crippen LogP contribution in [0, 0.1) is 10.1 Å². The third kappa shape index (κ3) is 3.70. The molecule has 1 aromatic rings. The number of hydrogen-bond donors (Lipinski definition) is 1. The lowest BCUT2D eigenvalue weighted by atomic mass is 10.1. The van der Waals surface area contributed by atoms with Crippen molar-refractivity contribution in [3.05, 3.63) is 39.9 Å². The highest BCUT2D eigenvalue weighted by atomic mass is 32.2. The first-order valence-corrected chi connectivity index (χ1v) is 7.87. The molecule has 0 aromatic heterocycles. The molecule has 0 aliphatic heterocycles. The van der Waals surface area contributed by atoms with Gasteiger partial charge >= 0.3 is 0 Å². The molecule has 0 amide bonds. The van der Waals surface area contributed by atoms with Crippen molar-refractivity contribution in [3.63, 3.8) is 0 Å². The van der Waals surface area contributed by atoms with Gasteiger partial charge in [-0.15, -0.1) is 0 Å². The molecule has 1 fully saturated rings. The van der Waals surface area contributed by atoms with Crippen LogP contribution in [0.4, 0.5) is 5.69 Å². The van der Waals surface area contributed by atoms with Crippen LogP contribution in [0.5, 0.6) is 0 Å². The molecule has 0 bridgehead atoms. The molecular weight excluding hydrogens is 260 g/mol. The van der Waals surface area contributed by atoms with Crippen molar-refractivity contribution in [1.29, 1.82) is 0 Å². The van der Waals surface area contributed by atoms with Gasteiger partial charge in [-0.1, -0.05) is 25.0 Å². The van der Waals surface area contributed by atoms with Crippen LogP contribution < -0.4 is 5.32 Å². The van der Waals surface area contributed by atoms with Crippen molar-refractivity contribution >= 4 is 17.4 Å². The molecule has 104 valence electrons. The van der Waals surface area contributed by atoms with Crippen LogP contribution in [0.2, 0.25) is 0 Å². The minimum atomic E-state index is -0.343. The number of benzene rings is 1. The van der Waals surface area contributed by atoms with E-state index in [1.165, 1.54) is 31.7 Å². The van der Waals surface area contributed by atoms with Gasteiger partial charge in [0.05, 0.1) is 4.92 Å². The Labute approximate surface area is 118 Å². The minimum absolute atomic E-state index is 0.166. The topological polar surface area (TPSA) is 55.2 Å². The van der Waals surface area contributed by atoms with E-state index in [0.29, 0.717) is 11.3 Å². The number of hydrogen-bond acceptors (Lipinski definition) is 4. The summed E-state index contributed by atoms with van der Waals surface area (Å²) in [7, 11) is 0. The van der Waals surface area contributed by atoms with Crippen LogP contribution in [0.3, 0.4) is 0 Å². The van der Waals surface area contributed by atoms with Crippen LogP contribution in [0.1, 0.15) is 31.2 Å². The van der Waals surface area contributed by atoms with Crippen molar-refractivity contribution < 1.29 is 4.92 Å². The summed E-state index contributed by atoms with van der Waals surface area (Å²) in [6.07, 6.45) is 7.37. The predicted molar refractivity (Wildman–Crippen MR) is 79.5 cm³/mol. The highest BCUT2D eigenvalue weighted by Crippen LogP contribution is 2.39. The summed E-state index contributed by atoms with van der Waals surface area (Å²) in [6, 6.07) is 6.85. The van der Waals surface area contributed by atoms with Crippen LogP contribution >= 0.6 is 11.8 Å². The first kappa shape index (κ1) is 14.3. The molecule has 0 radical (unpaired) electrons. The van der Waals surface area contributed by atoms with Crippen molar-refractivity contribution in [2.24, 2.45) is 0 Å². The monoisotopic (exact) mass is 280 g/mol. The summed E-state index contributed by atoms with van der Waals surface area (Å²) in [4.78, 5) is 10.4. The Hall–Kier alpha value is -1.07. The number of rotatable bonds is 6. The van der Waals surface area contributed by atoms with Crippen molar-refractivity contribution in [2.75, 3.05) is 12.8 Å². The van der Waals surface area contributed by atoms with Gasteiger partial charge < -0.3 is 5.32 Å². The second kappa shape index (κ2) is 6.39. The Morgan fingerprint density at radius 2 is 2.16 bits per heavy atom. The van der Waals surface area contributed by atoms with Crippen molar-refractivity contribution in [3.8, 4) is 0 Å². The van der Waals surface area contributed by atoms with E-state index in [1.54, 1.807) is 12.1 Å². The molecule has 1 aromatic carbocycles. The molecule has 1 saturated carbocycles. The van der Waals surface area contributed by atoms with E-state index in [0.717, 1.165) is 12.1 Å². The largest absolute Gasteiger partial charge is 0.311 e. The van der Waals surface area contributed by atoms with E-state index >= 15 is 0 Å². The Kier molecular flexibility index (Phi) is 4.82. The number of nitro benzene ring substituents is 1. The van der Waals surface area contributed by atoms with E-state index in [2.05, 4.69) is 11.6 Å². The second-order valence-electron chi connectivity index (χ2n) is 5.12. The zero-order chi connectivity index (χ0) is 13.7. The smallest absolute Gasteiger partial charge is 0.269 e. The van der Waals surface area contributed by atoms with Crippen LogP contribution in [0.15, 0.2) is 24.3 Å². The second-order valence-corrected chi connectivity index (χ2v) is 6.40. The van der Waals surface area contributed by atoms with Gasteiger partial charge in [-0.25, -0.2) is 0 Å². The Morgan fingerprint density at radius 3 is 2.79 bits per heavy atom. The molecule has 0 atom stereocenters. The lowest BCUT2D eigenvalue weighted by molar-refractivity contribution is -0.384. The summed E-state index contributed by atoms with van der Waals surface area (Å²) in [5.41, 5.74) is 1.14. The molecular formula is C14H20N2O2S. The molecule has 19 heavy (non-hydrogen) atoms. The first-order chi connectivity index (χ1) is 9.15. The van der Waals surface area contributed by atoms with Crippen molar-refractivity contribution in [2.45, 2.75) is 37.0 Å². The number of non-ortho nitro benzene ring substituents is 1. The summed E-state index contributed by atoms with van der Waals surface area (Å²) in [6.45, 7) is 1.68. The molecule has 1 aliphatic rings. The zero-order valence-electron chi connectivity index (χ0n) is 11.2. The van der Waals surface area contributed by atoms with Gasteiger partial charge in [0.15, 0.2) is 0 Å². The SMILES string of the molecule is CSC1(CNCc2cccc([N+](=O)[O-])c2)CCCC1. The highest BCUT2D eigenvalue weighted by molar-refractivity contribution is 8.00. The van der Waals surface area contributed by atoms with Gasteiger partial charge in [-0.2, -0.15) is 11.8 Å². The van der Waals surface area contributed by atoms with Gasteiger partial charge in [0.1, 0.15) is 0 Å². The van der Waals surface area contributed by atoms with Crippen LogP contribution in [0.25, 0.3) is 0 Å². The molecule has 4 nitrogen and oxygen atoms in total. The van der Waals surface area contributed by atoms with Gasteiger partial charge in [0.25, 0.3) is 5.69 Å². The lowest BCUT2D eigenvalue weighted by Crippen LogP contribution is -2.34.